The fraction of sp³-hybridized carbons (Fsp3) is 0.304. The average Bonchev–Trinajstić information content (AvgIpc) is 3.46. The lowest BCUT2D eigenvalue weighted by Crippen LogP contribution is -2.64. The summed E-state index contributed by atoms with van der Waals surface area (Å²) in [5, 5.41) is 11.7. The molecule has 12 heteroatoms. The normalized spacial score (nSPS) is 27.2. The second-order valence-corrected chi connectivity index (χ2v) is 8.78. The van der Waals surface area contributed by atoms with E-state index in [2.05, 4.69) is 5.32 Å². The summed E-state index contributed by atoms with van der Waals surface area (Å²) in [5.74, 6) is -1.60. The first-order valence-electron chi connectivity index (χ1n) is 10.7. The van der Waals surface area contributed by atoms with Gasteiger partial charge in [0.05, 0.1) is 36.0 Å². The van der Waals surface area contributed by atoms with E-state index >= 15 is 0 Å². The molecule has 3 aliphatic rings. The van der Waals surface area contributed by atoms with Gasteiger partial charge in [-0.1, -0.05) is 12.1 Å². The molecule has 5 rings (SSSR count). The molecule has 0 radical (unpaired) electrons. The number of hydrogen-bond acceptors (Lipinski definition) is 5. The number of alkyl halides is 3. The first kappa shape index (κ1) is 22.9. The van der Waals surface area contributed by atoms with Crippen LogP contribution >= 0.6 is 0 Å². The smallest absolute Gasteiger partial charge is 0.347 e. The number of imide groups is 1. The number of halogens is 4. The van der Waals surface area contributed by atoms with Crippen molar-refractivity contribution in [2.75, 3.05) is 24.7 Å². The van der Waals surface area contributed by atoms with Crippen LogP contribution in [0.5, 0.6) is 0 Å². The fourth-order valence-corrected chi connectivity index (χ4v) is 5.19. The van der Waals surface area contributed by atoms with Crippen LogP contribution in [0.1, 0.15) is 16.7 Å². The van der Waals surface area contributed by atoms with Gasteiger partial charge in [0.25, 0.3) is 11.8 Å². The third kappa shape index (κ3) is 3.46. The number of amides is 4. The lowest BCUT2D eigenvalue weighted by molar-refractivity contribution is -0.853. The number of nitriles is 1. The summed E-state index contributed by atoms with van der Waals surface area (Å²) in [7, 11) is 0. The van der Waals surface area contributed by atoms with Crippen molar-refractivity contribution in [2.24, 2.45) is 0 Å². The van der Waals surface area contributed by atoms with Crippen LogP contribution in [0, 0.1) is 17.1 Å². The molecule has 35 heavy (non-hydrogen) atoms. The topological polar surface area (TPSA) is 93.5 Å². The predicted octanol–water partition coefficient (Wildman–Crippen LogP) is 2.34. The van der Waals surface area contributed by atoms with Crippen LogP contribution in [0.3, 0.4) is 0 Å². The number of nitrogens with one attached hydrogen (secondary N) is 1. The predicted molar refractivity (Wildman–Crippen MR) is 112 cm³/mol. The van der Waals surface area contributed by atoms with Crippen LogP contribution in [0.25, 0.3) is 0 Å². The minimum absolute atomic E-state index is 0.0801. The van der Waals surface area contributed by atoms with Gasteiger partial charge in [-0.05, 0) is 35.9 Å². The molecular formula is C23H18F4N5O3+. The Morgan fingerprint density at radius 2 is 1.86 bits per heavy atom. The number of fused-ring (bicyclic) bond motifs is 1. The van der Waals surface area contributed by atoms with Crippen molar-refractivity contribution in [2.45, 2.75) is 24.8 Å². The Morgan fingerprint density at radius 1 is 1.14 bits per heavy atom. The molecule has 2 aromatic rings. The maximum atomic E-state index is 13.6. The van der Waals surface area contributed by atoms with Gasteiger partial charge >= 0.3 is 12.2 Å². The molecule has 3 fully saturated rings. The summed E-state index contributed by atoms with van der Waals surface area (Å²) in [6.45, 7) is 0.574. The molecular weight excluding hydrogens is 470 g/mol. The number of piperazine rings is 1. The lowest BCUT2D eigenvalue weighted by atomic mass is 10.1. The summed E-state index contributed by atoms with van der Waals surface area (Å²) in [5.41, 5.74) is -1.53. The zero-order valence-corrected chi connectivity index (χ0v) is 18.1. The Balaban J connectivity index is 1.44. The fourth-order valence-electron chi connectivity index (χ4n) is 5.19. The molecule has 2 aromatic carbocycles. The van der Waals surface area contributed by atoms with Gasteiger partial charge in [0.2, 0.25) is 0 Å². The van der Waals surface area contributed by atoms with E-state index in [-0.39, 0.29) is 32.0 Å². The van der Waals surface area contributed by atoms with Gasteiger partial charge in [-0.2, -0.15) is 23.3 Å². The molecule has 8 nitrogen and oxygen atoms in total. The van der Waals surface area contributed by atoms with Crippen molar-refractivity contribution in [1.29, 1.82) is 5.26 Å². The van der Waals surface area contributed by atoms with Crippen LogP contribution in [0.2, 0.25) is 0 Å². The molecule has 2 bridgehead atoms. The highest BCUT2D eigenvalue weighted by atomic mass is 19.4. The SMILES string of the molecule is N#Cc1ccc(N2C(=O)C3CN4CC(C(=O)NCc5ccc(F)cc5)[N+]3(C4)C2=O)cc1C(F)(F)F. The first-order chi connectivity index (χ1) is 16.6. The van der Waals surface area contributed by atoms with E-state index in [4.69, 9.17) is 5.26 Å². The molecule has 3 saturated heterocycles. The van der Waals surface area contributed by atoms with E-state index in [0.29, 0.717) is 16.5 Å². The van der Waals surface area contributed by atoms with E-state index in [9.17, 15) is 31.9 Å². The second kappa shape index (κ2) is 7.86. The molecule has 4 atom stereocenters. The molecule has 0 saturated carbocycles. The first-order valence-corrected chi connectivity index (χ1v) is 10.7. The van der Waals surface area contributed by atoms with Gasteiger partial charge in [-0.25, -0.2) is 18.6 Å². The third-order valence-corrected chi connectivity index (χ3v) is 6.83. The number of nitrogens with zero attached hydrogens (tertiary/aromatic N) is 4. The van der Waals surface area contributed by atoms with Crippen LogP contribution in [-0.4, -0.2) is 59.1 Å². The van der Waals surface area contributed by atoms with Gasteiger partial charge < -0.3 is 5.32 Å². The molecule has 4 unspecified atom stereocenters. The second-order valence-electron chi connectivity index (χ2n) is 8.78. The average molecular weight is 488 g/mol. The lowest BCUT2D eigenvalue weighted by Gasteiger charge is -2.32. The zero-order chi connectivity index (χ0) is 25.1. The number of anilines is 1. The Hall–Kier alpha value is -3.82. The van der Waals surface area contributed by atoms with Crippen molar-refractivity contribution < 1.29 is 36.4 Å². The maximum absolute atomic E-state index is 13.6. The quantitative estimate of drug-likeness (QED) is 0.405. The summed E-state index contributed by atoms with van der Waals surface area (Å²) in [6, 6.07) is 7.00. The highest BCUT2D eigenvalue weighted by molar-refractivity contribution is 6.18. The van der Waals surface area contributed by atoms with Gasteiger partial charge in [-0.3, -0.25) is 9.59 Å². The molecule has 180 valence electrons. The van der Waals surface area contributed by atoms with E-state index in [1.54, 1.807) is 4.90 Å². The van der Waals surface area contributed by atoms with Gasteiger partial charge in [0, 0.05) is 6.54 Å². The molecule has 3 heterocycles. The zero-order valence-electron chi connectivity index (χ0n) is 18.1. The van der Waals surface area contributed by atoms with E-state index in [1.165, 1.54) is 30.3 Å². The minimum atomic E-state index is -4.86. The van der Waals surface area contributed by atoms with Crippen LogP contribution in [0.15, 0.2) is 42.5 Å². The van der Waals surface area contributed by atoms with Crippen LogP contribution in [-0.2, 0) is 22.3 Å². The number of rotatable bonds is 4. The van der Waals surface area contributed by atoms with E-state index < -0.39 is 57.5 Å². The Bertz CT molecular complexity index is 1290. The van der Waals surface area contributed by atoms with Crippen molar-refractivity contribution >= 4 is 23.5 Å². The molecule has 1 spiro atoms. The van der Waals surface area contributed by atoms with Crippen molar-refractivity contribution in [3.05, 3.63) is 65.0 Å². The van der Waals surface area contributed by atoms with Crippen molar-refractivity contribution in [1.82, 2.24) is 10.2 Å². The summed E-state index contributed by atoms with van der Waals surface area (Å²) in [4.78, 5) is 42.4. The molecule has 4 amide bonds. The summed E-state index contributed by atoms with van der Waals surface area (Å²) in [6.07, 6.45) is -4.86. The largest absolute Gasteiger partial charge is 0.433 e. The Labute approximate surface area is 196 Å². The number of carbonyl (C=O) groups excluding carboxylic acids is 3. The number of benzene rings is 2. The van der Waals surface area contributed by atoms with Crippen molar-refractivity contribution in [3.8, 4) is 6.07 Å². The standard InChI is InChI=1S/C23H17F4N5O3/c24-15-4-1-13(2-5-15)9-29-20(33)18-10-30-11-19-21(34)31(22(35)32(18,19)12-30)16-6-3-14(8-28)17(7-16)23(25,26)27/h1-7,18-19H,9-12H2/p+1. The van der Waals surface area contributed by atoms with Crippen LogP contribution < -0.4 is 10.2 Å². The molecule has 1 N–H and O–H groups in total. The number of quaternary nitrogens is 1. The Morgan fingerprint density at radius 3 is 2.51 bits per heavy atom. The molecule has 0 aromatic heterocycles. The Kier molecular flexibility index (Phi) is 5.15. The molecule has 0 aliphatic carbocycles. The minimum Gasteiger partial charge on any atom is -0.347 e. The van der Waals surface area contributed by atoms with Gasteiger partial charge in [0.15, 0.2) is 12.1 Å². The monoisotopic (exact) mass is 488 g/mol. The third-order valence-electron chi connectivity index (χ3n) is 6.83. The highest BCUT2D eigenvalue weighted by Gasteiger charge is 2.73. The molecule has 3 aliphatic heterocycles. The number of carbonyl (C=O) groups is 3. The van der Waals surface area contributed by atoms with E-state index in [0.717, 1.165) is 12.1 Å². The van der Waals surface area contributed by atoms with Gasteiger partial charge in [0.1, 0.15) is 12.5 Å². The van der Waals surface area contributed by atoms with Gasteiger partial charge in [-0.15, -0.1) is 0 Å². The summed E-state index contributed by atoms with van der Waals surface area (Å²) < 4.78 is 53.0. The summed E-state index contributed by atoms with van der Waals surface area (Å²) >= 11 is 0. The van der Waals surface area contributed by atoms with Crippen LogP contribution in [0.4, 0.5) is 28.0 Å². The number of hydrogen-bond donors (Lipinski definition) is 1. The van der Waals surface area contributed by atoms with Crippen molar-refractivity contribution in [3.63, 3.8) is 0 Å². The maximum Gasteiger partial charge on any atom is 0.433 e. The van der Waals surface area contributed by atoms with E-state index in [1.807, 2.05) is 0 Å². The highest BCUT2D eigenvalue weighted by Crippen LogP contribution is 2.44. The number of urea groups is 1.